The summed E-state index contributed by atoms with van der Waals surface area (Å²) in [6, 6.07) is 2.68. The van der Waals surface area contributed by atoms with Crippen LogP contribution in [-0.4, -0.2) is 30.7 Å². The summed E-state index contributed by atoms with van der Waals surface area (Å²) < 4.78 is 23.1. The van der Waals surface area contributed by atoms with Gasteiger partial charge >= 0.3 is 0 Å². The molecule has 0 fully saturated rings. The number of carbonyl (C=O) groups is 1. The van der Waals surface area contributed by atoms with Crippen LogP contribution in [0.25, 0.3) is 0 Å². The SMILES string of the molecule is CC(=O)N1CCCc2ccc(S(=O)(=O)Cl)c([N+](=O)[O-])c2C1. The van der Waals surface area contributed by atoms with Gasteiger partial charge in [0, 0.05) is 24.2 Å². The van der Waals surface area contributed by atoms with Crippen LogP contribution in [-0.2, 0) is 26.8 Å². The summed E-state index contributed by atoms with van der Waals surface area (Å²) >= 11 is 0. The van der Waals surface area contributed by atoms with Crippen molar-refractivity contribution in [3.05, 3.63) is 33.4 Å². The van der Waals surface area contributed by atoms with E-state index in [9.17, 15) is 23.3 Å². The molecule has 21 heavy (non-hydrogen) atoms. The molecule has 9 heteroatoms. The standard InChI is InChI=1S/C12H13ClN2O5S/c1-8(16)14-6-2-3-9-4-5-11(21(13,19)20)12(15(17)18)10(9)7-14/h4-5H,2-3,6-7H2,1H3. The summed E-state index contributed by atoms with van der Waals surface area (Å²) in [5, 5.41) is 11.3. The zero-order chi connectivity index (χ0) is 15.8. The quantitative estimate of drug-likeness (QED) is 0.467. The molecule has 0 N–H and O–H groups in total. The van der Waals surface area contributed by atoms with Gasteiger partial charge in [-0.1, -0.05) is 6.07 Å². The zero-order valence-corrected chi connectivity index (χ0v) is 12.8. The van der Waals surface area contributed by atoms with Crippen LogP contribution < -0.4 is 0 Å². The fourth-order valence-electron chi connectivity index (χ4n) is 2.46. The van der Waals surface area contributed by atoms with Gasteiger partial charge in [0.15, 0.2) is 4.90 Å². The lowest BCUT2D eigenvalue weighted by Gasteiger charge is -2.18. The van der Waals surface area contributed by atoms with Crippen LogP contribution in [0, 0.1) is 10.1 Å². The lowest BCUT2D eigenvalue weighted by Crippen LogP contribution is -2.28. The maximum atomic E-state index is 11.5. The van der Waals surface area contributed by atoms with Crippen LogP contribution in [0.15, 0.2) is 17.0 Å². The Hall–Kier alpha value is -1.67. The lowest BCUT2D eigenvalue weighted by atomic mass is 10.0. The van der Waals surface area contributed by atoms with E-state index in [2.05, 4.69) is 0 Å². The van der Waals surface area contributed by atoms with E-state index in [0.29, 0.717) is 24.9 Å². The molecule has 114 valence electrons. The first-order chi connectivity index (χ1) is 9.71. The molecule has 1 aromatic rings. The van der Waals surface area contributed by atoms with Gasteiger partial charge in [0.25, 0.3) is 14.7 Å². The molecule has 0 unspecified atom stereocenters. The summed E-state index contributed by atoms with van der Waals surface area (Å²) in [6.45, 7) is 1.87. The minimum absolute atomic E-state index is 0.0151. The predicted octanol–water partition coefficient (Wildman–Crippen LogP) is 1.82. The molecule has 0 atom stereocenters. The van der Waals surface area contributed by atoms with E-state index < -0.39 is 24.6 Å². The molecular weight excluding hydrogens is 320 g/mol. The highest BCUT2D eigenvalue weighted by Crippen LogP contribution is 2.35. The van der Waals surface area contributed by atoms with Crippen LogP contribution >= 0.6 is 10.7 Å². The molecule has 1 aliphatic heterocycles. The van der Waals surface area contributed by atoms with Crippen molar-refractivity contribution in [3.63, 3.8) is 0 Å². The number of benzene rings is 1. The van der Waals surface area contributed by atoms with Gasteiger partial charge in [0.05, 0.1) is 17.0 Å². The van der Waals surface area contributed by atoms with Gasteiger partial charge in [-0.3, -0.25) is 14.9 Å². The average Bonchev–Trinajstić information content (AvgIpc) is 2.57. The van der Waals surface area contributed by atoms with Crippen LogP contribution in [0.4, 0.5) is 5.69 Å². The monoisotopic (exact) mass is 332 g/mol. The fourth-order valence-corrected chi connectivity index (χ4v) is 3.50. The van der Waals surface area contributed by atoms with Crippen LogP contribution in [0.1, 0.15) is 24.5 Å². The number of nitro groups is 1. The predicted molar refractivity (Wildman–Crippen MR) is 75.5 cm³/mol. The van der Waals surface area contributed by atoms with Crippen molar-refractivity contribution in [3.8, 4) is 0 Å². The summed E-state index contributed by atoms with van der Waals surface area (Å²) in [5.41, 5.74) is 0.389. The molecule has 0 aromatic heterocycles. The molecule has 0 aliphatic carbocycles. The number of nitro benzene ring substituents is 1. The summed E-state index contributed by atoms with van der Waals surface area (Å²) in [7, 11) is 1.04. The number of fused-ring (bicyclic) bond motifs is 1. The van der Waals surface area contributed by atoms with Crippen LogP contribution in [0.3, 0.4) is 0 Å². The van der Waals surface area contributed by atoms with Crippen molar-refractivity contribution >= 4 is 31.3 Å². The number of hydrogen-bond donors (Lipinski definition) is 0. The Morgan fingerprint density at radius 1 is 1.43 bits per heavy atom. The number of hydrogen-bond acceptors (Lipinski definition) is 5. The summed E-state index contributed by atoms with van der Waals surface area (Å²) in [5.74, 6) is -0.212. The molecule has 0 saturated carbocycles. The molecule has 2 rings (SSSR count). The van der Waals surface area contributed by atoms with Gasteiger partial charge in [-0.15, -0.1) is 0 Å². The Bertz CT molecular complexity index is 717. The molecule has 0 bridgehead atoms. The van der Waals surface area contributed by atoms with Gasteiger partial charge in [-0.2, -0.15) is 0 Å². The van der Waals surface area contributed by atoms with E-state index in [1.165, 1.54) is 17.9 Å². The first kappa shape index (κ1) is 15.7. The molecular formula is C12H13ClN2O5S. The highest BCUT2D eigenvalue weighted by Gasteiger charge is 2.32. The van der Waals surface area contributed by atoms with Gasteiger partial charge < -0.3 is 4.90 Å². The van der Waals surface area contributed by atoms with E-state index in [1.54, 1.807) is 0 Å². The van der Waals surface area contributed by atoms with Crippen molar-refractivity contribution in [2.75, 3.05) is 6.54 Å². The lowest BCUT2D eigenvalue weighted by molar-refractivity contribution is -0.388. The van der Waals surface area contributed by atoms with Gasteiger partial charge in [-0.25, -0.2) is 8.42 Å². The first-order valence-corrected chi connectivity index (χ1v) is 8.52. The normalized spacial score (nSPS) is 15.2. The first-order valence-electron chi connectivity index (χ1n) is 6.21. The highest BCUT2D eigenvalue weighted by molar-refractivity contribution is 8.13. The zero-order valence-electron chi connectivity index (χ0n) is 11.2. The van der Waals surface area contributed by atoms with E-state index in [-0.39, 0.29) is 18.0 Å². The molecule has 0 saturated heterocycles. The van der Waals surface area contributed by atoms with Gasteiger partial charge in [0.2, 0.25) is 5.91 Å². The number of carbonyl (C=O) groups excluding carboxylic acids is 1. The minimum atomic E-state index is -4.23. The minimum Gasteiger partial charge on any atom is -0.338 e. The smallest absolute Gasteiger partial charge is 0.294 e. The van der Waals surface area contributed by atoms with Crippen LogP contribution in [0.5, 0.6) is 0 Å². The fraction of sp³-hybridized carbons (Fsp3) is 0.417. The molecule has 0 radical (unpaired) electrons. The Morgan fingerprint density at radius 2 is 2.10 bits per heavy atom. The van der Waals surface area contributed by atoms with Crippen molar-refractivity contribution in [1.29, 1.82) is 0 Å². The second kappa shape index (κ2) is 5.61. The van der Waals surface area contributed by atoms with Gasteiger partial charge in [-0.05, 0) is 24.5 Å². The van der Waals surface area contributed by atoms with Crippen molar-refractivity contribution in [2.24, 2.45) is 0 Å². The molecule has 1 aromatic carbocycles. The van der Waals surface area contributed by atoms with Crippen molar-refractivity contribution < 1.29 is 18.1 Å². The maximum absolute atomic E-state index is 11.5. The number of halogens is 1. The Kier molecular flexibility index (Phi) is 4.20. The number of rotatable bonds is 2. The Balaban J connectivity index is 2.69. The third kappa shape index (κ3) is 3.16. The largest absolute Gasteiger partial charge is 0.338 e. The molecule has 1 amide bonds. The second-order valence-electron chi connectivity index (χ2n) is 4.79. The Labute approximate surface area is 126 Å². The molecule has 1 aliphatic rings. The van der Waals surface area contributed by atoms with E-state index in [4.69, 9.17) is 10.7 Å². The van der Waals surface area contributed by atoms with E-state index in [1.807, 2.05) is 0 Å². The van der Waals surface area contributed by atoms with Crippen molar-refractivity contribution in [2.45, 2.75) is 31.2 Å². The topological polar surface area (TPSA) is 97.6 Å². The van der Waals surface area contributed by atoms with Gasteiger partial charge in [0.1, 0.15) is 0 Å². The third-order valence-electron chi connectivity index (χ3n) is 3.46. The third-order valence-corrected chi connectivity index (χ3v) is 4.81. The molecule has 7 nitrogen and oxygen atoms in total. The second-order valence-corrected chi connectivity index (χ2v) is 7.32. The average molecular weight is 333 g/mol. The number of nitrogens with zero attached hydrogens (tertiary/aromatic N) is 2. The molecule has 0 spiro atoms. The van der Waals surface area contributed by atoms with Crippen LogP contribution in [0.2, 0.25) is 0 Å². The maximum Gasteiger partial charge on any atom is 0.294 e. The summed E-state index contributed by atoms with van der Waals surface area (Å²) in [6.07, 6.45) is 1.21. The number of amides is 1. The van der Waals surface area contributed by atoms with E-state index in [0.717, 1.165) is 6.07 Å². The highest BCUT2D eigenvalue weighted by atomic mass is 35.7. The summed E-state index contributed by atoms with van der Waals surface area (Å²) in [4.78, 5) is 23.0. The van der Waals surface area contributed by atoms with Crippen molar-refractivity contribution in [1.82, 2.24) is 4.90 Å². The number of aryl methyl sites for hydroxylation is 1. The van der Waals surface area contributed by atoms with E-state index >= 15 is 0 Å². The Morgan fingerprint density at radius 3 is 2.62 bits per heavy atom. The molecule has 1 heterocycles.